The third kappa shape index (κ3) is 2.75. The maximum atomic E-state index is 12.1. The minimum absolute atomic E-state index is 0.174. The van der Waals surface area contributed by atoms with Gasteiger partial charge in [-0.05, 0) is 0 Å². The zero-order valence-corrected chi connectivity index (χ0v) is 12.7. The van der Waals surface area contributed by atoms with Gasteiger partial charge >= 0.3 is 5.97 Å². The number of benzene rings is 1. The number of anilines is 1. The van der Waals surface area contributed by atoms with E-state index in [1.807, 2.05) is 0 Å². The fourth-order valence-electron chi connectivity index (χ4n) is 2.33. The van der Waals surface area contributed by atoms with Crippen molar-refractivity contribution in [3.8, 4) is 23.3 Å². The summed E-state index contributed by atoms with van der Waals surface area (Å²) in [5.74, 6) is -1.39. The zero-order valence-electron chi connectivity index (χ0n) is 12.7. The third-order valence-corrected chi connectivity index (χ3v) is 3.37. The number of hydrogen-bond acceptors (Lipinski definition) is 8. The Labute approximate surface area is 139 Å². The number of nitrogens with two attached hydrogens (primary N) is 1. The number of carbonyl (C=O) groups is 1. The van der Waals surface area contributed by atoms with Gasteiger partial charge in [-0.25, -0.2) is 4.79 Å². The van der Waals surface area contributed by atoms with E-state index >= 15 is 0 Å². The third-order valence-electron chi connectivity index (χ3n) is 3.37. The predicted octanol–water partition coefficient (Wildman–Crippen LogP) is 1.06. The summed E-state index contributed by atoms with van der Waals surface area (Å²) in [6.07, 6.45) is 0. The van der Waals surface area contributed by atoms with Gasteiger partial charge in [-0.15, -0.1) is 0 Å². The molecular formula is C15H9N5O5. The first-order valence-electron chi connectivity index (χ1n) is 6.59. The van der Waals surface area contributed by atoms with Gasteiger partial charge in [0.25, 0.3) is 11.2 Å². The Balaban J connectivity index is 3.09. The summed E-state index contributed by atoms with van der Waals surface area (Å²) in [5.41, 5.74) is 2.39. The lowest BCUT2D eigenvalue weighted by atomic mass is 9.92. The van der Waals surface area contributed by atoms with Gasteiger partial charge in [0, 0.05) is 17.2 Å². The molecule has 1 aromatic carbocycles. The van der Waals surface area contributed by atoms with Crippen molar-refractivity contribution in [2.24, 2.45) is 0 Å². The highest BCUT2D eigenvalue weighted by Crippen LogP contribution is 2.35. The van der Waals surface area contributed by atoms with Gasteiger partial charge in [0.05, 0.1) is 12.0 Å². The van der Waals surface area contributed by atoms with Crippen LogP contribution in [0.2, 0.25) is 0 Å². The van der Waals surface area contributed by atoms with Crippen LogP contribution < -0.4 is 11.3 Å². The van der Waals surface area contributed by atoms with Gasteiger partial charge in [0.2, 0.25) is 0 Å². The molecule has 1 heterocycles. The Bertz CT molecular complexity index is 1040. The Morgan fingerprint density at radius 2 is 1.96 bits per heavy atom. The topological polar surface area (TPSA) is 176 Å². The number of rotatable bonds is 3. The Morgan fingerprint density at radius 1 is 1.32 bits per heavy atom. The van der Waals surface area contributed by atoms with Gasteiger partial charge < -0.3 is 15.5 Å². The monoisotopic (exact) mass is 339 g/mol. The van der Waals surface area contributed by atoms with E-state index in [1.54, 1.807) is 12.1 Å². The molecule has 0 fully saturated rings. The highest BCUT2D eigenvalue weighted by molar-refractivity contribution is 6.03. The molecule has 3 N–H and O–H groups in total. The lowest BCUT2D eigenvalue weighted by Gasteiger charge is -2.12. The van der Waals surface area contributed by atoms with Gasteiger partial charge in [-0.2, -0.15) is 10.5 Å². The van der Waals surface area contributed by atoms with E-state index in [2.05, 4.69) is 9.72 Å². The Kier molecular flexibility index (Phi) is 4.48. The molecule has 0 aliphatic rings. The van der Waals surface area contributed by atoms with E-state index in [0.717, 1.165) is 13.2 Å². The number of pyridine rings is 1. The predicted molar refractivity (Wildman–Crippen MR) is 84.3 cm³/mol. The van der Waals surface area contributed by atoms with Gasteiger partial charge in [0.1, 0.15) is 34.6 Å². The van der Waals surface area contributed by atoms with Crippen molar-refractivity contribution in [2.75, 3.05) is 12.8 Å². The van der Waals surface area contributed by atoms with Gasteiger partial charge in [-0.1, -0.05) is 12.1 Å². The van der Waals surface area contributed by atoms with Crippen LogP contribution in [0.3, 0.4) is 0 Å². The molecule has 0 spiro atoms. The number of aromatic amines is 1. The minimum atomic E-state index is -1.06. The van der Waals surface area contributed by atoms with Crippen LogP contribution in [0.15, 0.2) is 23.0 Å². The molecule has 0 radical (unpaired) electrons. The summed E-state index contributed by atoms with van der Waals surface area (Å²) in [7, 11) is 1.02. The van der Waals surface area contributed by atoms with Crippen LogP contribution in [0.1, 0.15) is 21.5 Å². The number of nitriles is 2. The Hall–Kier alpha value is -4.18. The number of esters is 1. The lowest BCUT2D eigenvalue weighted by molar-refractivity contribution is -0.385. The maximum Gasteiger partial charge on any atom is 0.345 e. The molecular weight excluding hydrogens is 330 g/mol. The molecule has 0 amide bonds. The molecule has 0 saturated carbocycles. The molecule has 0 aliphatic heterocycles. The number of hydrogen-bond donors (Lipinski definition) is 2. The molecule has 1 aromatic heterocycles. The van der Waals surface area contributed by atoms with Crippen LogP contribution in [0, 0.1) is 32.8 Å². The van der Waals surface area contributed by atoms with Crippen molar-refractivity contribution in [1.29, 1.82) is 10.5 Å². The number of H-pyrrole nitrogens is 1. The number of carbonyl (C=O) groups excluding carboxylic acids is 1. The molecule has 124 valence electrons. The van der Waals surface area contributed by atoms with Crippen LogP contribution in [0.5, 0.6) is 0 Å². The fourth-order valence-corrected chi connectivity index (χ4v) is 2.33. The minimum Gasteiger partial charge on any atom is -0.465 e. The highest BCUT2D eigenvalue weighted by Gasteiger charge is 2.29. The van der Waals surface area contributed by atoms with E-state index < -0.39 is 33.3 Å². The molecule has 10 heteroatoms. The van der Waals surface area contributed by atoms with Crippen LogP contribution in [0.25, 0.3) is 11.1 Å². The normalized spacial score (nSPS) is 9.72. The first kappa shape index (κ1) is 17.2. The second-order valence-electron chi connectivity index (χ2n) is 4.66. The lowest BCUT2D eigenvalue weighted by Crippen LogP contribution is -2.17. The molecule has 2 rings (SSSR count). The second-order valence-corrected chi connectivity index (χ2v) is 4.66. The van der Waals surface area contributed by atoms with Crippen molar-refractivity contribution in [1.82, 2.24) is 4.98 Å². The molecule has 0 unspecified atom stereocenters. The first-order valence-corrected chi connectivity index (χ1v) is 6.59. The van der Waals surface area contributed by atoms with E-state index in [9.17, 15) is 30.2 Å². The van der Waals surface area contributed by atoms with Gasteiger partial charge in [-0.3, -0.25) is 14.9 Å². The summed E-state index contributed by atoms with van der Waals surface area (Å²) >= 11 is 0. The smallest absolute Gasteiger partial charge is 0.345 e. The molecule has 0 saturated heterocycles. The summed E-state index contributed by atoms with van der Waals surface area (Å²) in [4.78, 5) is 36.7. The van der Waals surface area contributed by atoms with E-state index in [1.165, 1.54) is 12.1 Å². The summed E-state index contributed by atoms with van der Waals surface area (Å²) in [6.45, 7) is 0. The summed E-state index contributed by atoms with van der Waals surface area (Å²) < 4.78 is 4.57. The second kappa shape index (κ2) is 6.52. The fraction of sp³-hybridized carbons (Fsp3) is 0.0667. The van der Waals surface area contributed by atoms with Gasteiger partial charge in [0.15, 0.2) is 0 Å². The number of aromatic nitrogens is 1. The SMILES string of the molecule is COC(=O)c1c(-c2c(C#N)c(N)[nH]c(=O)c2C#N)cccc1[N+](=O)[O-]. The number of methoxy groups -OCH3 is 1. The molecule has 2 aromatic rings. The molecule has 25 heavy (non-hydrogen) atoms. The van der Waals surface area contributed by atoms with Crippen molar-refractivity contribution in [2.45, 2.75) is 0 Å². The van der Waals surface area contributed by atoms with Crippen LogP contribution in [-0.2, 0) is 4.74 Å². The van der Waals surface area contributed by atoms with E-state index in [0.29, 0.717) is 0 Å². The Morgan fingerprint density at radius 3 is 2.48 bits per heavy atom. The first-order chi connectivity index (χ1) is 11.9. The van der Waals surface area contributed by atoms with Crippen LogP contribution in [0.4, 0.5) is 11.5 Å². The average molecular weight is 339 g/mol. The van der Waals surface area contributed by atoms with E-state index in [-0.39, 0.29) is 22.5 Å². The van der Waals surface area contributed by atoms with E-state index in [4.69, 9.17) is 5.73 Å². The number of nitrogen functional groups attached to an aromatic ring is 1. The molecule has 10 nitrogen and oxygen atoms in total. The maximum absolute atomic E-state index is 12.1. The number of nitrogens with zero attached hydrogens (tertiary/aromatic N) is 3. The van der Waals surface area contributed by atoms with Crippen LogP contribution in [-0.4, -0.2) is 23.0 Å². The largest absolute Gasteiger partial charge is 0.465 e. The summed E-state index contributed by atoms with van der Waals surface area (Å²) in [6, 6.07) is 6.92. The van der Waals surface area contributed by atoms with Crippen LogP contribution >= 0.6 is 0 Å². The van der Waals surface area contributed by atoms with Crippen molar-refractivity contribution < 1.29 is 14.5 Å². The highest BCUT2D eigenvalue weighted by atomic mass is 16.6. The molecule has 0 bridgehead atoms. The quantitative estimate of drug-likeness (QED) is 0.473. The molecule has 0 atom stereocenters. The van der Waals surface area contributed by atoms with Crippen molar-refractivity contribution in [3.05, 3.63) is 55.4 Å². The number of nitro benzene ring substituents is 1. The number of nitro groups is 1. The molecule has 0 aliphatic carbocycles. The average Bonchev–Trinajstić information content (AvgIpc) is 2.59. The van der Waals surface area contributed by atoms with Crippen molar-refractivity contribution in [3.63, 3.8) is 0 Å². The number of nitrogens with one attached hydrogen (secondary N) is 1. The standard InChI is InChI=1S/C15H9N5O5/c1-25-15(22)12-7(3-2-4-10(12)20(23)24)11-8(5-16)13(18)19-14(21)9(11)6-17/h2-4H,1H3,(H3,18,19,21). The zero-order chi connectivity index (χ0) is 18.7. The number of ether oxygens (including phenoxy) is 1. The summed E-state index contributed by atoms with van der Waals surface area (Å²) in [5, 5.41) is 29.8. The van der Waals surface area contributed by atoms with Crippen molar-refractivity contribution >= 4 is 17.5 Å².